The molecular weight excluding hydrogens is 358 g/mol. The number of hydrogen-bond acceptors (Lipinski definition) is 7. The molecule has 0 unspecified atom stereocenters. The van der Waals surface area contributed by atoms with Gasteiger partial charge in [0.1, 0.15) is 0 Å². The fourth-order valence-electron chi connectivity index (χ4n) is 3.49. The Balaban J connectivity index is 1.32. The monoisotopic (exact) mass is 381 g/mol. The van der Waals surface area contributed by atoms with Crippen molar-refractivity contribution >= 4 is 17.1 Å². The van der Waals surface area contributed by atoms with Crippen molar-refractivity contribution in [3.8, 4) is 0 Å². The van der Waals surface area contributed by atoms with Gasteiger partial charge in [0.2, 0.25) is 11.8 Å². The highest BCUT2D eigenvalue weighted by atomic mass is 16.3. The van der Waals surface area contributed by atoms with E-state index < -0.39 is 12.0 Å². The molecule has 4 heterocycles. The Bertz CT molecular complexity index is 897. The standard InChI is InChI=1S/C20H23N5O3/c26-16-6-11-25(13-18-24-19-17(28-18)2-1-7-22-19)12-15(16)20(27)23-10-5-14-3-8-21-9-4-14/h1-4,7-9,15-16,26H,5-6,10-13H2,(H,23,27)/t15-,16+/m0/s1. The molecule has 0 bridgehead atoms. The Kier molecular flexibility index (Phi) is 5.59. The van der Waals surface area contributed by atoms with Crippen molar-refractivity contribution in [2.45, 2.75) is 25.5 Å². The number of carbonyl (C=O) groups is 1. The molecule has 3 aromatic rings. The Morgan fingerprint density at radius 1 is 1.29 bits per heavy atom. The Morgan fingerprint density at radius 2 is 2.14 bits per heavy atom. The maximum absolute atomic E-state index is 12.6. The van der Waals surface area contributed by atoms with Crippen LogP contribution in [0.15, 0.2) is 47.3 Å². The molecule has 8 heteroatoms. The van der Waals surface area contributed by atoms with Crippen molar-refractivity contribution in [3.05, 3.63) is 54.3 Å². The van der Waals surface area contributed by atoms with E-state index in [9.17, 15) is 9.90 Å². The fourth-order valence-corrected chi connectivity index (χ4v) is 3.49. The van der Waals surface area contributed by atoms with Crippen LogP contribution in [0.4, 0.5) is 0 Å². The number of pyridine rings is 2. The van der Waals surface area contributed by atoms with Gasteiger partial charge in [-0.3, -0.25) is 14.7 Å². The third kappa shape index (κ3) is 4.35. The number of nitrogens with zero attached hydrogens (tertiary/aromatic N) is 4. The van der Waals surface area contributed by atoms with Gasteiger partial charge in [-0.15, -0.1) is 0 Å². The summed E-state index contributed by atoms with van der Waals surface area (Å²) in [4.78, 5) is 27.2. The summed E-state index contributed by atoms with van der Waals surface area (Å²) in [5, 5.41) is 13.3. The van der Waals surface area contributed by atoms with Crippen LogP contribution in [-0.4, -0.2) is 56.6 Å². The second kappa shape index (κ2) is 8.45. The van der Waals surface area contributed by atoms with Gasteiger partial charge in [-0.25, -0.2) is 4.98 Å². The highest BCUT2D eigenvalue weighted by Gasteiger charge is 2.33. The van der Waals surface area contributed by atoms with Gasteiger partial charge in [0.05, 0.1) is 18.6 Å². The third-order valence-electron chi connectivity index (χ3n) is 5.03. The molecule has 2 N–H and O–H groups in total. The minimum atomic E-state index is -0.637. The number of aromatic nitrogens is 3. The van der Waals surface area contributed by atoms with Crippen molar-refractivity contribution in [2.24, 2.45) is 5.92 Å². The number of oxazole rings is 1. The SMILES string of the molecule is O=C(NCCc1ccncc1)[C@H]1CN(Cc2nc3ncccc3o2)CC[C@H]1O. The summed E-state index contributed by atoms with van der Waals surface area (Å²) in [5.41, 5.74) is 2.35. The molecule has 1 saturated heterocycles. The lowest BCUT2D eigenvalue weighted by molar-refractivity contribution is -0.131. The lowest BCUT2D eigenvalue weighted by atomic mass is 9.93. The number of aliphatic hydroxyl groups is 1. The molecule has 4 rings (SSSR count). The molecular formula is C20H23N5O3. The van der Waals surface area contributed by atoms with Crippen molar-refractivity contribution in [3.63, 3.8) is 0 Å². The molecule has 8 nitrogen and oxygen atoms in total. The van der Waals surface area contributed by atoms with Gasteiger partial charge in [-0.2, -0.15) is 4.98 Å². The lowest BCUT2D eigenvalue weighted by Crippen LogP contribution is -2.49. The maximum atomic E-state index is 12.6. The van der Waals surface area contributed by atoms with E-state index in [0.717, 1.165) is 12.0 Å². The number of amides is 1. The van der Waals surface area contributed by atoms with Gasteiger partial charge < -0.3 is 14.8 Å². The van der Waals surface area contributed by atoms with Gasteiger partial charge in [0.15, 0.2) is 11.2 Å². The molecule has 28 heavy (non-hydrogen) atoms. The number of nitrogens with one attached hydrogen (secondary N) is 1. The topological polar surface area (TPSA) is 104 Å². The van der Waals surface area contributed by atoms with Crippen LogP contribution >= 0.6 is 0 Å². The van der Waals surface area contributed by atoms with E-state index in [-0.39, 0.29) is 5.91 Å². The van der Waals surface area contributed by atoms with Gasteiger partial charge in [0, 0.05) is 38.2 Å². The van der Waals surface area contributed by atoms with E-state index in [1.165, 1.54) is 0 Å². The van der Waals surface area contributed by atoms with Crippen LogP contribution in [0.2, 0.25) is 0 Å². The third-order valence-corrected chi connectivity index (χ3v) is 5.03. The molecule has 146 valence electrons. The molecule has 1 amide bonds. The van der Waals surface area contributed by atoms with Crippen molar-refractivity contribution in [1.29, 1.82) is 0 Å². The number of piperidine rings is 1. The van der Waals surface area contributed by atoms with Crippen LogP contribution in [0.25, 0.3) is 11.2 Å². The van der Waals surface area contributed by atoms with Gasteiger partial charge in [0.25, 0.3) is 0 Å². The van der Waals surface area contributed by atoms with Crippen LogP contribution in [0.5, 0.6) is 0 Å². The minimum Gasteiger partial charge on any atom is -0.438 e. The fraction of sp³-hybridized carbons (Fsp3) is 0.400. The molecule has 0 aliphatic carbocycles. The molecule has 1 aliphatic rings. The Morgan fingerprint density at radius 3 is 2.96 bits per heavy atom. The summed E-state index contributed by atoms with van der Waals surface area (Å²) in [6, 6.07) is 7.50. The molecule has 0 aromatic carbocycles. The van der Waals surface area contributed by atoms with Crippen LogP contribution in [0.3, 0.4) is 0 Å². The zero-order valence-corrected chi connectivity index (χ0v) is 15.5. The summed E-state index contributed by atoms with van der Waals surface area (Å²) >= 11 is 0. The summed E-state index contributed by atoms with van der Waals surface area (Å²) in [6.07, 6.45) is 5.79. The van der Waals surface area contributed by atoms with Crippen molar-refractivity contribution in [1.82, 2.24) is 25.2 Å². The van der Waals surface area contributed by atoms with Crippen LogP contribution < -0.4 is 5.32 Å². The van der Waals surface area contributed by atoms with Gasteiger partial charge in [-0.1, -0.05) is 0 Å². The first-order valence-electron chi connectivity index (χ1n) is 9.46. The maximum Gasteiger partial charge on any atom is 0.227 e. The predicted molar refractivity (Wildman–Crippen MR) is 102 cm³/mol. The first-order chi connectivity index (χ1) is 13.7. The number of aliphatic hydroxyl groups excluding tert-OH is 1. The number of fused-ring (bicyclic) bond motifs is 1. The zero-order valence-electron chi connectivity index (χ0n) is 15.5. The minimum absolute atomic E-state index is 0.120. The number of carbonyl (C=O) groups excluding carboxylic acids is 1. The Hall–Kier alpha value is -2.84. The van der Waals surface area contributed by atoms with Gasteiger partial charge >= 0.3 is 0 Å². The van der Waals surface area contributed by atoms with Crippen LogP contribution in [-0.2, 0) is 17.8 Å². The van der Waals surface area contributed by atoms with E-state index in [2.05, 4.69) is 25.2 Å². The molecule has 0 spiro atoms. The highest BCUT2D eigenvalue weighted by molar-refractivity contribution is 5.79. The highest BCUT2D eigenvalue weighted by Crippen LogP contribution is 2.21. The number of rotatable bonds is 6. The number of hydrogen-bond donors (Lipinski definition) is 2. The molecule has 0 saturated carbocycles. The van der Waals surface area contributed by atoms with E-state index in [1.807, 2.05) is 18.2 Å². The zero-order chi connectivity index (χ0) is 19.3. The summed E-state index contributed by atoms with van der Waals surface area (Å²) < 4.78 is 5.72. The number of likely N-dealkylation sites (tertiary alicyclic amines) is 1. The molecule has 1 fully saturated rings. The molecule has 1 aliphatic heterocycles. The summed E-state index contributed by atoms with van der Waals surface area (Å²) in [6.45, 7) is 2.18. The second-order valence-corrected chi connectivity index (χ2v) is 7.03. The first kappa shape index (κ1) is 18.5. The molecule has 0 radical (unpaired) electrons. The van der Waals surface area contributed by atoms with E-state index >= 15 is 0 Å². The Labute approximate surface area is 162 Å². The normalized spacial score (nSPS) is 20.3. The van der Waals surface area contributed by atoms with E-state index in [1.54, 1.807) is 24.7 Å². The lowest BCUT2D eigenvalue weighted by Gasteiger charge is -2.34. The quantitative estimate of drug-likeness (QED) is 0.660. The first-order valence-corrected chi connectivity index (χ1v) is 9.46. The van der Waals surface area contributed by atoms with Crippen LogP contribution in [0.1, 0.15) is 17.9 Å². The van der Waals surface area contributed by atoms with E-state index in [4.69, 9.17) is 4.42 Å². The molecule has 2 atom stereocenters. The molecule has 3 aromatic heterocycles. The smallest absolute Gasteiger partial charge is 0.227 e. The van der Waals surface area contributed by atoms with Crippen LogP contribution in [0, 0.1) is 5.92 Å². The van der Waals surface area contributed by atoms with Crippen molar-refractivity contribution in [2.75, 3.05) is 19.6 Å². The average Bonchev–Trinajstić information content (AvgIpc) is 3.12. The largest absolute Gasteiger partial charge is 0.438 e. The van der Waals surface area contributed by atoms with Crippen molar-refractivity contribution < 1.29 is 14.3 Å². The summed E-state index contributed by atoms with van der Waals surface area (Å²) in [7, 11) is 0. The van der Waals surface area contributed by atoms with Gasteiger partial charge in [-0.05, 0) is 42.7 Å². The second-order valence-electron chi connectivity index (χ2n) is 7.03. The predicted octanol–water partition coefficient (Wildman–Crippen LogP) is 1.16. The van der Waals surface area contributed by atoms with E-state index in [0.29, 0.717) is 49.7 Å². The average molecular weight is 381 g/mol. The summed E-state index contributed by atoms with van der Waals surface area (Å²) in [5.74, 6) is -0.0129.